The molecule has 166 valence electrons. The number of ether oxygens (including phenoxy) is 1. The van der Waals surface area contributed by atoms with Crippen LogP contribution in [0, 0.1) is 5.92 Å². The summed E-state index contributed by atoms with van der Waals surface area (Å²) in [5.41, 5.74) is 0.497. The van der Waals surface area contributed by atoms with E-state index in [1.807, 2.05) is 0 Å². The summed E-state index contributed by atoms with van der Waals surface area (Å²) in [4.78, 5) is 20.3. The van der Waals surface area contributed by atoms with E-state index in [0.29, 0.717) is 40.0 Å². The van der Waals surface area contributed by atoms with Gasteiger partial charge in [0.25, 0.3) is 0 Å². The third-order valence-corrected chi connectivity index (χ3v) is 6.14. The van der Waals surface area contributed by atoms with Gasteiger partial charge in [-0.2, -0.15) is 18.2 Å². The van der Waals surface area contributed by atoms with Crippen molar-refractivity contribution in [3.8, 4) is 22.6 Å². The number of hydrogen-bond donors (Lipinski definition) is 1. The van der Waals surface area contributed by atoms with Crippen molar-refractivity contribution in [1.29, 1.82) is 0 Å². The van der Waals surface area contributed by atoms with Gasteiger partial charge in [0, 0.05) is 17.8 Å². The van der Waals surface area contributed by atoms with Gasteiger partial charge in [-0.25, -0.2) is 4.79 Å². The van der Waals surface area contributed by atoms with Crippen LogP contribution in [0.1, 0.15) is 44.3 Å². The average molecular weight is 442 g/mol. The number of rotatable bonds is 2. The van der Waals surface area contributed by atoms with Crippen molar-refractivity contribution in [1.82, 2.24) is 14.5 Å². The van der Waals surface area contributed by atoms with Crippen molar-refractivity contribution in [2.24, 2.45) is 5.92 Å². The van der Waals surface area contributed by atoms with Gasteiger partial charge in [-0.05, 0) is 55.4 Å². The van der Waals surface area contributed by atoms with E-state index < -0.39 is 11.9 Å². The topological polar surface area (TPSA) is 69.0 Å². The number of nitrogens with one attached hydrogen (secondary N) is 1. The van der Waals surface area contributed by atoms with Crippen LogP contribution in [0.5, 0.6) is 11.5 Å². The summed E-state index contributed by atoms with van der Waals surface area (Å²) in [6.45, 7) is 2.23. The maximum absolute atomic E-state index is 12.8. The molecule has 0 radical (unpaired) electrons. The number of aromatic nitrogens is 3. The van der Waals surface area contributed by atoms with Gasteiger partial charge in [0.1, 0.15) is 5.69 Å². The Balaban J connectivity index is 1.41. The van der Waals surface area contributed by atoms with Crippen LogP contribution in [0.4, 0.5) is 24.7 Å². The number of anilines is 2. The largest absolute Gasteiger partial charge is 0.450 e. The summed E-state index contributed by atoms with van der Waals surface area (Å²) >= 11 is 0. The summed E-state index contributed by atoms with van der Waals surface area (Å²) in [6, 6.07) is 7.66. The minimum atomic E-state index is -4.48. The summed E-state index contributed by atoms with van der Waals surface area (Å²) in [5, 5.41) is 3.11. The Morgan fingerprint density at radius 1 is 1.06 bits per heavy atom. The molecule has 0 unspecified atom stereocenters. The van der Waals surface area contributed by atoms with Crippen LogP contribution in [0.15, 0.2) is 47.5 Å². The van der Waals surface area contributed by atoms with Crippen molar-refractivity contribution >= 4 is 11.5 Å². The monoisotopic (exact) mass is 442 g/mol. The summed E-state index contributed by atoms with van der Waals surface area (Å²) in [7, 11) is 0. The quantitative estimate of drug-likeness (QED) is 0.417. The highest BCUT2D eigenvalue weighted by molar-refractivity contribution is 5.78. The minimum absolute atomic E-state index is 0.121. The Bertz CT molecular complexity index is 1210. The van der Waals surface area contributed by atoms with Crippen LogP contribution in [0.3, 0.4) is 0 Å². The second-order valence-corrected chi connectivity index (χ2v) is 8.43. The van der Waals surface area contributed by atoms with Gasteiger partial charge in [0.2, 0.25) is 0 Å². The zero-order chi connectivity index (χ0) is 22.5. The fraction of sp³-hybridized carbons (Fsp3) is 0.348. The molecular formula is C23H21F3N4O2. The predicted octanol–water partition coefficient (Wildman–Crippen LogP) is 5.92. The lowest BCUT2D eigenvalue weighted by Gasteiger charge is -2.29. The highest BCUT2D eigenvalue weighted by Gasteiger charge is 2.32. The molecule has 3 heterocycles. The first-order valence-electron chi connectivity index (χ1n) is 10.5. The molecule has 1 fully saturated rings. The maximum atomic E-state index is 12.8. The van der Waals surface area contributed by atoms with Gasteiger partial charge in [0.15, 0.2) is 17.3 Å². The molecule has 1 saturated carbocycles. The van der Waals surface area contributed by atoms with E-state index in [0.717, 1.165) is 31.7 Å². The fourth-order valence-electron chi connectivity index (χ4n) is 4.27. The number of nitrogens with zero attached hydrogens (tertiary/aromatic N) is 3. The van der Waals surface area contributed by atoms with Crippen LogP contribution in [-0.4, -0.2) is 14.5 Å². The van der Waals surface area contributed by atoms with Crippen molar-refractivity contribution in [3.05, 3.63) is 58.9 Å². The van der Waals surface area contributed by atoms with Crippen LogP contribution in [0.25, 0.3) is 11.1 Å². The molecule has 1 aromatic carbocycles. The number of hydrogen-bond acceptors (Lipinski definition) is 5. The molecule has 2 aliphatic rings. The lowest BCUT2D eigenvalue weighted by molar-refractivity contribution is -0.141. The first-order chi connectivity index (χ1) is 15.3. The average Bonchev–Trinajstić information content (AvgIpc) is 2.77. The number of alkyl halides is 3. The number of benzene rings is 1. The molecule has 1 aliphatic carbocycles. The first-order valence-corrected chi connectivity index (χ1v) is 10.5. The number of fused-ring (bicyclic) bond motifs is 2. The summed E-state index contributed by atoms with van der Waals surface area (Å²) < 4.78 is 45.9. The zero-order valence-electron chi connectivity index (χ0n) is 17.3. The standard InChI is InChI=1S/C23H21F3N4O2/c1-13-2-6-16(7-3-13)30-12-19-21(29-22(30)31)28-17-10-14(4-8-18(17)32-19)15-5-9-20(27-11-15)23(24,25)26/h4-5,8-13,16H,2-3,6-7H2,1H3,(H,28,29,31). The molecule has 0 amide bonds. The van der Waals surface area contributed by atoms with Crippen LogP contribution < -0.4 is 15.7 Å². The van der Waals surface area contributed by atoms with E-state index in [1.165, 1.54) is 12.3 Å². The van der Waals surface area contributed by atoms with Gasteiger partial charge in [0.05, 0.1) is 11.9 Å². The van der Waals surface area contributed by atoms with Crippen molar-refractivity contribution in [3.63, 3.8) is 0 Å². The molecule has 0 saturated heterocycles. The van der Waals surface area contributed by atoms with E-state index in [-0.39, 0.29) is 11.7 Å². The van der Waals surface area contributed by atoms with Crippen molar-refractivity contribution < 1.29 is 17.9 Å². The molecule has 0 bridgehead atoms. The molecule has 0 atom stereocenters. The van der Waals surface area contributed by atoms with E-state index in [1.54, 1.807) is 29.0 Å². The smallest absolute Gasteiger partial charge is 0.433 e. The van der Waals surface area contributed by atoms with Crippen LogP contribution in [-0.2, 0) is 6.18 Å². The molecule has 5 rings (SSSR count). The SMILES string of the molecule is CC1CCC(n2cc3c(nc2=O)Nc2cc(-c4ccc(C(F)(F)F)nc4)ccc2O3)CC1. The van der Waals surface area contributed by atoms with E-state index in [2.05, 4.69) is 22.2 Å². The summed E-state index contributed by atoms with van der Waals surface area (Å²) in [5.74, 6) is 2.02. The Morgan fingerprint density at radius 3 is 2.50 bits per heavy atom. The molecule has 1 N–H and O–H groups in total. The molecular weight excluding hydrogens is 421 g/mol. The van der Waals surface area contributed by atoms with Crippen molar-refractivity contribution in [2.75, 3.05) is 5.32 Å². The minimum Gasteiger partial charge on any atom is -0.450 e. The van der Waals surface area contributed by atoms with Gasteiger partial charge in [-0.3, -0.25) is 9.55 Å². The summed E-state index contributed by atoms with van der Waals surface area (Å²) in [6.07, 6.45) is 2.46. The Morgan fingerprint density at radius 2 is 1.81 bits per heavy atom. The van der Waals surface area contributed by atoms with E-state index in [4.69, 9.17) is 4.74 Å². The second-order valence-electron chi connectivity index (χ2n) is 8.43. The third-order valence-electron chi connectivity index (χ3n) is 6.14. The van der Waals surface area contributed by atoms with Gasteiger partial charge < -0.3 is 10.1 Å². The highest BCUT2D eigenvalue weighted by Crippen LogP contribution is 2.42. The molecule has 9 heteroatoms. The Kier molecular flexibility index (Phi) is 4.91. The molecule has 3 aromatic rings. The predicted molar refractivity (Wildman–Crippen MR) is 113 cm³/mol. The van der Waals surface area contributed by atoms with Gasteiger partial charge in [-0.1, -0.05) is 19.1 Å². The Hall–Kier alpha value is -3.36. The number of halogens is 3. The lowest BCUT2D eigenvalue weighted by Crippen LogP contribution is -2.30. The second kappa shape index (κ2) is 7.65. The Labute approximate surface area is 182 Å². The first kappa shape index (κ1) is 20.5. The van der Waals surface area contributed by atoms with Crippen molar-refractivity contribution in [2.45, 2.75) is 44.8 Å². The van der Waals surface area contributed by atoms with Crippen LogP contribution >= 0.6 is 0 Å². The maximum Gasteiger partial charge on any atom is 0.433 e. The lowest BCUT2D eigenvalue weighted by atomic mass is 9.87. The van der Waals surface area contributed by atoms with Crippen LogP contribution in [0.2, 0.25) is 0 Å². The molecule has 6 nitrogen and oxygen atoms in total. The normalized spacial score (nSPS) is 20.0. The van der Waals surface area contributed by atoms with E-state index in [9.17, 15) is 18.0 Å². The number of pyridine rings is 1. The zero-order valence-corrected chi connectivity index (χ0v) is 17.3. The van der Waals surface area contributed by atoms with Gasteiger partial charge >= 0.3 is 11.9 Å². The third kappa shape index (κ3) is 3.83. The van der Waals surface area contributed by atoms with Gasteiger partial charge in [-0.15, -0.1) is 0 Å². The highest BCUT2D eigenvalue weighted by atomic mass is 19.4. The van der Waals surface area contributed by atoms with E-state index >= 15 is 0 Å². The molecule has 0 spiro atoms. The molecule has 32 heavy (non-hydrogen) atoms. The molecule has 2 aromatic heterocycles. The molecule has 1 aliphatic heterocycles. The fourth-order valence-corrected chi connectivity index (χ4v) is 4.27.